The number of aliphatic hydroxyl groups excluding tert-OH is 1. The maximum absolute atomic E-state index is 14.0. The average Bonchev–Trinajstić information content (AvgIpc) is 3.76. The number of anilines is 1. The van der Waals surface area contributed by atoms with E-state index < -0.39 is 23.5 Å². The van der Waals surface area contributed by atoms with Crippen molar-refractivity contribution in [1.82, 2.24) is 10.2 Å². The van der Waals surface area contributed by atoms with E-state index in [9.17, 15) is 19.1 Å². The first kappa shape index (κ1) is 29.1. The van der Waals surface area contributed by atoms with E-state index in [-0.39, 0.29) is 28.9 Å². The van der Waals surface area contributed by atoms with Gasteiger partial charge in [-0.1, -0.05) is 72.2 Å². The van der Waals surface area contributed by atoms with Gasteiger partial charge in [-0.25, -0.2) is 4.39 Å². The number of nitrogens with zero attached hydrogens (tertiary/aromatic N) is 3. The molecule has 1 aliphatic heterocycles. The second-order valence-electron chi connectivity index (χ2n) is 9.60. The number of para-hydroxylation sites is 1. The van der Waals surface area contributed by atoms with Crippen LogP contribution in [-0.4, -0.2) is 40.7 Å². The standard InChI is InChI=1S/C32H24FN3O6S2/c1-3-14-41-22-8-4-6-19(15-22)26-25(27(37)24-16-20-7-5-9-23(40-2)29(20)42-24)28(38)30(39)36(26)31-34-35-32(44-31)43-17-18-10-12-21(33)13-11-18/h3-13,15-16,26,38H,1,14,17H2,2H3. The Morgan fingerprint density at radius 3 is 2.73 bits per heavy atom. The molecule has 5 aromatic rings. The quantitative estimate of drug-likeness (QED) is 0.0709. The Morgan fingerprint density at radius 2 is 1.95 bits per heavy atom. The number of Topliss-reactive ketones (excluding diaryl/α,β-unsaturated/α-hetero) is 1. The number of hydrogen-bond donors (Lipinski definition) is 1. The van der Waals surface area contributed by atoms with Crippen molar-refractivity contribution in [2.75, 3.05) is 18.6 Å². The Morgan fingerprint density at radius 1 is 1.16 bits per heavy atom. The van der Waals surface area contributed by atoms with Crippen molar-refractivity contribution in [2.45, 2.75) is 16.1 Å². The number of fused-ring (bicyclic) bond motifs is 1. The summed E-state index contributed by atoms with van der Waals surface area (Å²) in [6.07, 6.45) is 1.60. The van der Waals surface area contributed by atoms with Crippen molar-refractivity contribution in [3.8, 4) is 11.5 Å². The van der Waals surface area contributed by atoms with Crippen LogP contribution in [0.25, 0.3) is 11.0 Å². The van der Waals surface area contributed by atoms with Gasteiger partial charge in [0.1, 0.15) is 18.2 Å². The monoisotopic (exact) mass is 629 g/mol. The number of benzene rings is 3. The second kappa shape index (κ2) is 12.3. The Balaban J connectivity index is 1.38. The van der Waals surface area contributed by atoms with Crippen LogP contribution >= 0.6 is 23.1 Å². The molecule has 12 heteroatoms. The number of carbonyl (C=O) groups is 2. The number of rotatable bonds is 11. The second-order valence-corrected chi connectivity index (χ2v) is 11.8. The molecule has 1 unspecified atom stereocenters. The van der Waals surface area contributed by atoms with Gasteiger partial charge in [-0.2, -0.15) is 0 Å². The van der Waals surface area contributed by atoms with Crippen molar-refractivity contribution >= 4 is 50.9 Å². The Bertz CT molecular complexity index is 1920. The number of hydrogen-bond acceptors (Lipinski definition) is 10. The van der Waals surface area contributed by atoms with E-state index in [1.165, 1.54) is 35.9 Å². The number of ketones is 1. The lowest BCUT2D eigenvalue weighted by atomic mass is 9.95. The smallest absolute Gasteiger partial charge is 0.296 e. The Kier molecular flexibility index (Phi) is 8.18. The number of halogens is 1. The zero-order chi connectivity index (χ0) is 30.8. The lowest BCUT2D eigenvalue weighted by Crippen LogP contribution is -2.31. The van der Waals surface area contributed by atoms with Crippen LogP contribution in [0.1, 0.15) is 27.7 Å². The predicted octanol–water partition coefficient (Wildman–Crippen LogP) is 7.07. The van der Waals surface area contributed by atoms with Gasteiger partial charge in [0.05, 0.1) is 18.7 Å². The highest BCUT2D eigenvalue weighted by atomic mass is 32.2. The van der Waals surface area contributed by atoms with Gasteiger partial charge in [-0.3, -0.25) is 14.5 Å². The number of methoxy groups -OCH3 is 1. The molecule has 0 aliphatic carbocycles. The number of ether oxygens (including phenoxy) is 2. The van der Waals surface area contributed by atoms with Crippen LogP contribution in [0.4, 0.5) is 9.52 Å². The van der Waals surface area contributed by atoms with Crippen LogP contribution in [-0.2, 0) is 10.5 Å². The number of amides is 1. The van der Waals surface area contributed by atoms with Gasteiger partial charge in [0, 0.05) is 11.1 Å². The third kappa shape index (κ3) is 5.56. The van der Waals surface area contributed by atoms with Crippen molar-refractivity contribution in [2.24, 2.45) is 0 Å². The average molecular weight is 630 g/mol. The predicted molar refractivity (Wildman–Crippen MR) is 165 cm³/mol. The molecule has 1 N–H and O–H groups in total. The van der Waals surface area contributed by atoms with Gasteiger partial charge >= 0.3 is 0 Å². The van der Waals surface area contributed by atoms with E-state index in [2.05, 4.69) is 16.8 Å². The molecule has 0 bridgehead atoms. The summed E-state index contributed by atoms with van der Waals surface area (Å²) in [6, 6.07) is 18.7. The minimum absolute atomic E-state index is 0.0717. The van der Waals surface area contributed by atoms with Gasteiger partial charge < -0.3 is 19.0 Å². The zero-order valence-corrected chi connectivity index (χ0v) is 24.9. The minimum atomic E-state index is -1.07. The molecule has 0 saturated heterocycles. The summed E-state index contributed by atoms with van der Waals surface area (Å²) >= 11 is 2.50. The Hall–Kier alpha value is -4.94. The molecule has 2 aromatic heterocycles. The first-order valence-electron chi connectivity index (χ1n) is 13.3. The molecule has 0 fully saturated rings. The molecule has 9 nitrogen and oxygen atoms in total. The van der Waals surface area contributed by atoms with E-state index in [0.717, 1.165) is 16.9 Å². The van der Waals surface area contributed by atoms with E-state index in [0.29, 0.717) is 38.1 Å². The molecular weight excluding hydrogens is 605 g/mol. The molecule has 1 atom stereocenters. The third-order valence-electron chi connectivity index (χ3n) is 6.82. The SMILES string of the molecule is C=CCOc1cccc(C2C(C(=O)c3cc4cccc(OC)c4o3)=C(O)C(=O)N2c2nnc(SCc3ccc(F)cc3)s2)c1. The molecule has 3 heterocycles. The van der Waals surface area contributed by atoms with Crippen LogP contribution in [0.15, 0.2) is 106 Å². The summed E-state index contributed by atoms with van der Waals surface area (Å²) in [4.78, 5) is 28.9. The van der Waals surface area contributed by atoms with Gasteiger partial charge in [0.2, 0.25) is 10.9 Å². The molecule has 0 radical (unpaired) electrons. The van der Waals surface area contributed by atoms with Gasteiger partial charge in [0.25, 0.3) is 5.91 Å². The Labute approximate surface area is 259 Å². The van der Waals surface area contributed by atoms with Crippen LogP contribution in [0.3, 0.4) is 0 Å². The number of aliphatic hydroxyl groups is 1. The fourth-order valence-corrected chi connectivity index (χ4v) is 6.63. The fraction of sp³-hybridized carbons (Fsp3) is 0.125. The highest BCUT2D eigenvalue weighted by Gasteiger charge is 2.47. The third-order valence-corrected chi connectivity index (χ3v) is 8.95. The fourth-order valence-electron chi connectivity index (χ4n) is 4.81. The molecule has 1 aliphatic rings. The molecule has 44 heavy (non-hydrogen) atoms. The molecule has 222 valence electrons. The summed E-state index contributed by atoms with van der Waals surface area (Å²) in [5, 5.41) is 20.5. The summed E-state index contributed by atoms with van der Waals surface area (Å²) in [7, 11) is 1.49. The number of aromatic nitrogens is 2. The summed E-state index contributed by atoms with van der Waals surface area (Å²) in [5.41, 5.74) is 1.57. The maximum atomic E-state index is 14.0. The summed E-state index contributed by atoms with van der Waals surface area (Å²) in [6.45, 7) is 3.92. The van der Waals surface area contributed by atoms with Gasteiger partial charge in [0.15, 0.2) is 27.2 Å². The highest BCUT2D eigenvalue weighted by molar-refractivity contribution is 8.00. The normalized spacial score (nSPS) is 14.8. The van der Waals surface area contributed by atoms with Crippen molar-refractivity contribution in [3.63, 3.8) is 0 Å². The molecule has 0 spiro atoms. The lowest BCUT2D eigenvalue weighted by Gasteiger charge is -2.24. The summed E-state index contributed by atoms with van der Waals surface area (Å²) < 4.78 is 30.8. The molecule has 6 rings (SSSR count). The largest absolute Gasteiger partial charge is 0.503 e. The van der Waals surface area contributed by atoms with Gasteiger partial charge in [-0.15, -0.1) is 10.2 Å². The molecule has 1 amide bonds. The van der Waals surface area contributed by atoms with E-state index in [4.69, 9.17) is 13.9 Å². The summed E-state index contributed by atoms with van der Waals surface area (Å²) in [5.74, 6) is -1.18. The molecular formula is C32H24FN3O6S2. The topological polar surface area (TPSA) is 115 Å². The van der Waals surface area contributed by atoms with E-state index in [1.54, 1.807) is 66.7 Å². The molecule has 0 saturated carbocycles. The van der Waals surface area contributed by atoms with Crippen LogP contribution < -0.4 is 14.4 Å². The first-order chi connectivity index (χ1) is 21.4. The zero-order valence-electron chi connectivity index (χ0n) is 23.2. The maximum Gasteiger partial charge on any atom is 0.296 e. The van der Waals surface area contributed by atoms with Crippen molar-refractivity contribution in [1.29, 1.82) is 0 Å². The van der Waals surface area contributed by atoms with E-state index >= 15 is 0 Å². The van der Waals surface area contributed by atoms with Crippen LogP contribution in [0.2, 0.25) is 0 Å². The van der Waals surface area contributed by atoms with Crippen molar-refractivity contribution < 1.29 is 33.0 Å². The highest BCUT2D eigenvalue weighted by Crippen LogP contribution is 2.45. The van der Waals surface area contributed by atoms with Crippen molar-refractivity contribution in [3.05, 3.63) is 119 Å². The lowest BCUT2D eigenvalue weighted by molar-refractivity contribution is -0.117. The van der Waals surface area contributed by atoms with Crippen LogP contribution in [0.5, 0.6) is 11.5 Å². The number of thioether (sulfide) groups is 1. The number of furan rings is 1. The molecule has 3 aromatic carbocycles. The van der Waals surface area contributed by atoms with E-state index in [1.807, 2.05) is 0 Å². The first-order valence-corrected chi connectivity index (χ1v) is 15.1. The number of carbonyl (C=O) groups excluding carboxylic acids is 2. The van der Waals surface area contributed by atoms with Gasteiger partial charge in [-0.05, 0) is 47.5 Å². The van der Waals surface area contributed by atoms with Crippen LogP contribution in [0, 0.1) is 5.82 Å². The minimum Gasteiger partial charge on any atom is -0.503 e.